The molecule has 0 saturated carbocycles. The predicted molar refractivity (Wildman–Crippen MR) is 74.8 cm³/mol. The summed E-state index contributed by atoms with van der Waals surface area (Å²) < 4.78 is 6.63. The van der Waals surface area contributed by atoms with E-state index < -0.39 is 11.5 Å². The van der Waals surface area contributed by atoms with E-state index in [4.69, 9.17) is 4.74 Å². The molecule has 1 amide bonds. The third kappa shape index (κ3) is 1.95. The second-order valence-corrected chi connectivity index (χ2v) is 5.80. The van der Waals surface area contributed by atoms with Crippen LogP contribution in [0.3, 0.4) is 0 Å². The number of rotatable bonds is 1. The van der Waals surface area contributed by atoms with Crippen LogP contribution in [0.1, 0.15) is 35.1 Å². The van der Waals surface area contributed by atoms with Gasteiger partial charge in [0.05, 0.1) is 12.8 Å². The van der Waals surface area contributed by atoms with Crippen LogP contribution in [-0.4, -0.2) is 52.8 Å². The van der Waals surface area contributed by atoms with Crippen LogP contribution in [0.5, 0.6) is 0 Å². The average molecular weight is 292 g/mol. The molecule has 1 atom stereocenters. The SMILES string of the molecule is COC(=O)C1(C)CCn2nc3c(c2C(=O)N1C)CNCC3. The first-order valence-corrected chi connectivity index (χ1v) is 7.15. The largest absolute Gasteiger partial charge is 0.467 e. The maximum absolute atomic E-state index is 12.8. The number of aryl methyl sites for hydroxylation is 1. The Morgan fingerprint density at radius 1 is 1.48 bits per heavy atom. The molecule has 0 saturated heterocycles. The Morgan fingerprint density at radius 3 is 2.95 bits per heavy atom. The van der Waals surface area contributed by atoms with Crippen molar-refractivity contribution in [2.24, 2.45) is 0 Å². The van der Waals surface area contributed by atoms with Gasteiger partial charge in [0, 0.05) is 45.1 Å². The molecule has 1 N–H and O–H groups in total. The third-order valence-corrected chi connectivity index (χ3v) is 4.66. The Morgan fingerprint density at radius 2 is 2.24 bits per heavy atom. The van der Waals surface area contributed by atoms with E-state index in [2.05, 4.69) is 10.4 Å². The number of carbonyl (C=O) groups is 2. The molecular weight excluding hydrogens is 272 g/mol. The zero-order chi connectivity index (χ0) is 15.2. The number of nitrogens with one attached hydrogen (secondary N) is 1. The zero-order valence-corrected chi connectivity index (χ0v) is 12.6. The lowest BCUT2D eigenvalue weighted by atomic mass is 9.96. The summed E-state index contributed by atoms with van der Waals surface area (Å²) >= 11 is 0. The van der Waals surface area contributed by atoms with Crippen molar-refractivity contribution >= 4 is 11.9 Å². The van der Waals surface area contributed by atoms with Crippen LogP contribution in [0.2, 0.25) is 0 Å². The van der Waals surface area contributed by atoms with Crippen molar-refractivity contribution < 1.29 is 14.3 Å². The van der Waals surface area contributed by atoms with Crippen molar-refractivity contribution in [2.45, 2.75) is 38.4 Å². The van der Waals surface area contributed by atoms with Crippen molar-refractivity contribution in [1.82, 2.24) is 20.0 Å². The van der Waals surface area contributed by atoms with Crippen LogP contribution in [0.15, 0.2) is 0 Å². The van der Waals surface area contributed by atoms with Crippen molar-refractivity contribution in [1.29, 1.82) is 0 Å². The highest BCUT2D eigenvalue weighted by atomic mass is 16.5. The van der Waals surface area contributed by atoms with E-state index in [0.717, 1.165) is 24.2 Å². The number of nitrogens with zero attached hydrogens (tertiary/aromatic N) is 3. The van der Waals surface area contributed by atoms with Gasteiger partial charge in [0.1, 0.15) is 11.2 Å². The van der Waals surface area contributed by atoms with E-state index >= 15 is 0 Å². The Bertz CT molecular complexity index is 610. The van der Waals surface area contributed by atoms with Crippen molar-refractivity contribution in [3.8, 4) is 0 Å². The standard InChI is InChI=1S/C14H20N4O3/c1-14(13(20)21-3)5-7-18-11(12(19)17(14)2)9-8-15-6-4-10(9)16-18/h15H,4-8H2,1-3H3. The molecule has 1 aromatic rings. The lowest BCUT2D eigenvalue weighted by Crippen LogP contribution is -2.53. The molecule has 0 bridgehead atoms. The van der Waals surface area contributed by atoms with Gasteiger partial charge in [-0.15, -0.1) is 0 Å². The molecule has 1 aromatic heterocycles. The van der Waals surface area contributed by atoms with Gasteiger partial charge in [0.15, 0.2) is 0 Å². The Kier molecular flexibility index (Phi) is 3.24. The van der Waals surface area contributed by atoms with Crippen LogP contribution >= 0.6 is 0 Å². The second kappa shape index (κ2) is 4.84. The molecule has 3 heterocycles. The predicted octanol–water partition coefficient (Wildman–Crippen LogP) is -0.0638. The molecule has 2 aliphatic heterocycles. The average Bonchev–Trinajstić information content (AvgIpc) is 2.84. The molecule has 7 heteroatoms. The van der Waals surface area contributed by atoms with E-state index in [1.165, 1.54) is 12.0 Å². The summed E-state index contributed by atoms with van der Waals surface area (Å²) in [6.07, 6.45) is 1.32. The number of hydrogen-bond acceptors (Lipinski definition) is 5. The van der Waals surface area contributed by atoms with E-state index in [1.807, 2.05) is 0 Å². The number of methoxy groups -OCH3 is 1. The van der Waals surface area contributed by atoms with Gasteiger partial charge < -0.3 is 15.0 Å². The maximum atomic E-state index is 12.8. The van der Waals surface area contributed by atoms with Gasteiger partial charge in [0.2, 0.25) is 0 Å². The Labute approximate surface area is 123 Å². The molecule has 0 spiro atoms. The van der Waals surface area contributed by atoms with E-state index in [0.29, 0.717) is 25.2 Å². The zero-order valence-electron chi connectivity index (χ0n) is 12.6. The minimum Gasteiger partial charge on any atom is -0.467 e. The smallest absolute Gasteiger partial charge is 0.331 e. The van der Waals surface area contributed by atoms with Gasteiger partial charge in [-0.25, -0.2) is 4.79 Å². The van der Waals surface area contributed by atoms with Crippen molar-refractivity contribution in [2.75, 3.05) is 20.7 Å². The number of aromatic nitrogens is 2. The molecule has 0 radical (unpaired) electrons. The number of esters is 1. The minimum atomic E-state index is -0.957. The van der Waals surface area contributed by atoms with Gasteiger partial charge >= 0.3 is 5.97 Å². The lowest BCUT2D eigenvalue weighted by molar-refractivity contribution is -0.152. The van der Waals surface area contributed by atoms with Crippen LogP contribution in [0.25, 0.3) is 0 Å². The Balaban J connectivity index is 2.05. The fraction of sp³-hybridized carbons (Fsp3) is 0.643. The van der Waals surface area contributed by atoms with Crippen LogP contribution in [-0.2, 0) is 29.0 Å². The fourth-order valence-electron chi connectivity index (χ4n) is 3.09. The molecule has 0 aromatic carbocycles. The molecule has 3 rings (SSSR count). The number of likely N-dealkylation sites (N-methyl/N-ethyl adjacent to an activating group) is 1. The molecule has 21 heavy (non-hydrogen) atoms. The molecule has 1 unspecified atom stereocenters. The third-order valence-electron chi connectivity index (χ3n) is 4.66. The molecular formula is C14H20N4O3. The molecule has 0 fully saturated rings. The first-order chi connectivity index (χ1) is 9.99. The number of hydrogen-bond donors (Lipinski definition) is 1. The van der Waals surface area contributed by atoms with Crippen LogP contribution in [0, 0.1) is 0 Å². The summed E-state index contributed by atoms with van der Waals surface area (Å²) in [6, 6.07) is 0. The summed E-state index contributed by atoms with van der Waals surface area (Å²) in [6.45, 7) is 3.81. The highest BCUT2D eigenvalue weighted by Gasteiger charge is 2.45. The highest BCUT2D eigenvalue weighted by Crippen LogP contribution is 2.30. The van der Waals surface area contributed by atoms with Gasteiger partial charge in [-0.1, -0.05) is 0 Å². The number of ether oxygens (including phenoxy) is 1. The Hall–Kier alpha value is -1.89. The molecule has 7 nitrogen and oxygen atoms in total. The summed E-state index contributed by atoms with van der Waals surface area (Å²) in [5, 5.41) is 7.84. The normalized spacial score (nSPS) is 25.1. The van der Waals surface area contributed by atoms with E-state index in [-0.39, 0.29) is 5.91 Å². The monoisotopic (exact) mass is 292 g/mol. The van der Waals surface area contributed by atoms with Gasteiger partial charge in [0.25, 0.3) is 5.91 Å². The highest BCUT2D eigenvalue weighted by molar-refractivity contribution is 5.98. The quantitative estimate of drug-likeness (QED) is 0.734. The molecule has 114 valence electrons. The van der Waals surface area contributed by atoms with Gasteiger partial charge in [-0.3, -0.25) is 9.48 Å². The van der Waals surface area contributed by atoms with Gasteiger partial charge in [-0.05, 0) is 6.92 Å². The molecule has 0 aliphatic carbocycles. The summed E-state index contributed by atoms with van der Waals surface area (Å²) in [5.74, 6) is -0.561. The van der Waals surface area contributed by atoms with E-state index in [1.54, 1.807) is 18.7 Å². The summed E-state index contributed by atoms with van der Waals surface area (Å²) in [4.78, 5) is 26.4. The number of amides is 1. The second-order valence-electron chi connectivity index (χ2n) is 5.80. The van der Waals surface area contributed by atoms with E-state index in [9.17, 15) is 9.59 Å². The topological polar surface area (TPSA) is 76.5 Å². The van der Waals surface area contributed by atoms with Crippen LogP contribution in [0.4, 0.5) is 0 Å². The summed E-state index contributed by atoms with van der Waals surface area (Å²) in [7, 11) is 3.01. The van der Waals surface area contributed by atoms with Crippen molar-refractivity contribution in [3.05, 3.63) is 17.0 Å². The molecule has 2 aliphatic rings. The van der Waals surface area contributed by atoms with Crippen molar-refractivity contribution in [3.63, 3.8) is 0 Å². The fourth-order valence-corrected chi connectivity index (χ4v) is 3.09. The lowest BCUT2D eigenvalue weighted by Gasteiger charge is -2.34. The van der Waals surface area contributed by atoms with Gasteiger partial charge in [-0.2, -0.15) is 5.10 Å². The van der Waals surface area contributed by atoms with Crippen LogP contribution < -0.4 is 5.32 Å². The first-order valence-electron chi connectivity index (χ1n) is 7.15. The number of carbonyl (C=O) groups excluding carboxylic acids is 2. The maximum Gasteiger partial charge on any atom is 0.331 e. The summed E-state index contributed by atoms with van der Waals surface area (Å²) in [5.41, 5.74) is 1.60. The number of fused-ring (bicyclic) bond motifs is 3. The first kappa shape index (κ1) is 14.1. The minimum absolute atomic E-state index is 0.169.